The van der Waals surface area contributed by atoms with Gasteiger partial charge in [-0.15, -0.1) is 0 Å². The van der Waals surface area contributed by atoms with Gasteiger partial charge in [0.05, 0.1) is 0 Å². The Bertz CT molecular complexity index is 459. The normalized spacial score (nSPS) is 17.2. The van der Waals surface area contributed by atoms with Crippen molar-refractivity contribution in [1.29, 1.82) is 0 Å². The van der Waals surface area contributed by atoms with E-state index in [0.717, 1.165) is 38.3 Å². The highest BCUT2D eigenvalue weighted by Gasteiger charge is 2.16. The van der Waals surface area contributed by atoms with Crippen molar-refractivity contribution >= 4 is 11.7 Å². The van der Waals surface area contributed by atoms with Crippen LogP contribution in [0.4, 0.5) is 10.5 Å². The molecule has 1 aromatic rings. The summed E-state index contributed by atoms with van der Waals surface area (Å²) in [5.74, 6) is 0. The number of urea groups is 1. The highest BCUT2D eigenvalue weighted by atomic mass is 16.5. The number of hydrogen-bond acceptors (Lipinski definition) is 3. The van der Waals surface area contributed by atoms with E-state index in [1.807, 2.05) is 18.2 Å². The van der Waals surface area contributed by atoms with E-state index < -0.39 is 0 Å². The summed E-state index contributed by atoms with van der Waals surface area (Å²) >= 11 is 0. The van der Waals surface area contributed by atoms with Gasteiger partial charge in [0, 0.05) is 31.0 Å². The lowest BCUT2D eigenvalue weighted by Crippen LogP contribution is -2.41. The van der Waals surface area contributed by atoms with Crippen LogP contribution in [-0.2, 0) is 4.74 Å². The highest BCUT2D eigenvalue weighted by molar-refractivity contribution is 5.89. The number of carbonyl (C=O) groups excluding carboxylic acids is 1. The molecule has 1 unspecified atom stereocenters. The summed E-state index contributed by atoms with van der Waals surface area (Å²) in [5.41, 5.74) is 1.99. The van der Waals surface area contributed by atoms with Gasteiger partial charge in [0.15, 0.2) is 0 Å². The third-order valence-electron chi connectivity index (χ3n) is 3.71. The van der Waals surface area contributed by atoms with Crippen LogP contribution in [0.1, 0.15) is 38.3 Å². The minimum atomic E-state index is -0.143. The Labute approximate surface area is 126 Å². The Kier molecular flexibility index (Phi) is 6.02. The lowest BCUT2D eigenvalue weighted by atomic mass is 10.1. The largest absolute Gasteiger partial charge is 0.381 e. The molecule has 0 bridgehead atoms. The van der Waals surface area contributed by atoms with E-state index in [9.17, 15) is 4.79 Å². The molecule has 5 heteroatoms. The van der Waals surface area contributed by atoms with Crippen molar-refractivity contribution in [3.8, 4) is 0 Å². The van der Waals surface area contributed by atoms with E-state index in [4.69, 9.17) is 4.74 Å². The van der Waals surface area contributed by atoms with Gasteiger partial charge in [-0.1, -0.05) is 19.1 Å². The van der Waals surface area contributed by atoms with Gasteiger partial charge in [-0.05, 0) is 44.0 Å². The maximum absolute atomic E-state index is 12.0. The number of carbonyl (C=O) groups is 1. The lowest BCUT2D eigenvalue weighted by molar-refractivity contribution is 0.0806. The van der Waals surface area contributed by atoms with Crippen molar-refractivity contribution in [1.82, 2.24) is 10.6 Å². The maximum Gasteiger partial charge on any atom is 0.319 e. The van der Waals surface area contributed by atoms with Gasteiger partial charge in [-0.2, -0.15) is 0 Å². The Morgan fingerprint density at radius 3 is 2.86 bits per heavy atom. The molecule has 1 saturated heterocycles. The summed E-state index contributed by atoms with van der Waals surface area (Å²) in [6.07, 6.45) is 1.76. The second kappa shape index (κ2) is 8.00. The Balaban J connectivity index is 1.89. The topological polar surface area (TPSA) is 62.4 Å². The van der Waals surface area contributed by atoms with Crippen LogP contribution in [0.25, 0.3) is 0 Å². The number of ether oxygens (including phenoxy) is 1. The first-order chi connectivity index (χ1) is 10.2. The molecule has 5 nitrogen and oxygen atoms in total. The Morgan fingerprint density at radius 2 is 2.14 bits per heavy atom. The van der Waals surface area contributed by atoms with Gasteiger partial charge in [-0.25, -0.2) is 4.79 Å². The second-order valence-electron chi connectivity index (χ2n) is 5.39. The first kappa shape index (κ1) is 15.8. The van der Waals surface area contributed by atoms with Crippen molar-refractivity contribution in [2.45, 2.75) is 38.8 Å². The zero-order valence-corrected chi connectivity index (χ0v) is 12.8. The van der Waals surface area contributed by atoms with Crippen molar-refractivity contribution in [2.75, 3.05) is 25.1 Å². The average Bonchev–Trinajstić information content (AvgIpc) is 2.48. The first-order valence-electron chi connectivity index (χ1n) is 7.67. The monoisotopic (exact) mass is 291 g/mol. The molecule has 1 aromatic carbocycles. The zero-order valence-electron chi connectivity index (χ0n) is 12.8. The lowest BCUT2D eigenvalue weighted by Gasteiger charge is -2.23. The fourth-order valence-electron chi connectivity index (χ4n) is 2.50. The van der Waals surface area contributed by atoms with E-state index in [-0.39, 0.29) is 18.1 Å². The molecule has 1 atom stereocenters. The quantitative estimate of drug-likeness (QED) is 0.781. The van der Waals surface area contributed by atoms with Gasteiger partial charge in [0.2, 0.25) is 0 Å². The number of amides is 2. The van der Waals surface area contributed by atoms with Gasteiger partial charge < -0.3 is 20.7 Å². The summed E-state index contributed by atoms with van der Waals surface area (Å²) in [5, 5.41) is 9.27. The molecule has 1 aliphatic heterocycles. The SMILES string of the molecule is CCNC(C)c1cccc(NC(=O)NC2CCOCC2)c1. The van der Waals surface area contributed by atoms with Crippen LogP contribution >= 0.6 is 0 Å². The predicted octanol–water partition coefficient (Wildman–Crippen LogP) is 2.66. The molecule has 21 heavy (non-hydrogen) atoms. The van der Waals surface area contributed by atoms with Crippen molar-refractivity contribution in [2.24, 2.45) is 0 Å². The number of rotatable bonds is 5. The number of hydrogen-bond donors (Lipinski definition) is 3. The molecule has 0 aromatic heterocycles. The third-order valence-corrected chi connectivity index (χ3v) is 3.71. The molecule has 0 saturated carbocycles. The van der Waals surface area contributed by atoms with Crippen LogP contribution in [0.2, 0.25) is 0 Å². The molecule has 0 spiro atoms. The third kappa shape index (κ3) is 5.02. The van der Waals surface area contributed by atoms with E-state index in [1.165, 1.54) is 5.56 Å². The van der Waals surface area contributed by atoms with Crippen LogP contribution in [0.15, 0.2) is 24.3 Å². The molecule has 3 N–H and O–H groups in total. The molecule has 1 aliphatic rings. The van der Waals surface area contributed by atoms with Gasteiger partial charge >= 0.3 is 6.03 Å². The number of nitrogens with one attached hydrogen (secondary N) is 3. The highest BCUT2D eigenvalue weighted by Crippen LogP contribution is 2.17. The zero-order chi connectivity index (χ0) is 15.1. The second-order valence-corrected chi connectivity index (χ2v) is 5.39. The molecule has 0 radical (unpaired) electrons. The van der Waals surface area contributed by atoms with Gasteiger partial charge in [-0.3, -0.25) is 0 Å². The van der Waals surface area contributed by atoms with Crippen molar-refractivity contribution in [3.05, 3.63) is 29.8 Å². The van der Waals surface area contributed by atoms with Gasteiger partial charge in [0.1, 0.15) is 0 Å². The van der Waals surface area contributed by atoms with Crippen LogP contribution < -0.4 is 16.0 Å². The maximum atomic E-state index is 12.0. The van der Waals surface area contributed by atoms with E-state index >= 15 is 0 Å². The summed E-state index contributed by atoms with van der Waals surface area (Å²) in [6.45, 7) is 6.56. The van der Waals surface area contributed by atoms with Crippen LogP contribution in [0, 0.1) is 0 Å². The molecule has 2 amide bonds. The standard InChI is InChI=1S/C16H25N3O2/c1-3-17-12(2)13-5-4-6-15(11-13)19-16(20)18-14-7-9-21-10-8-14/h4-6,11-12,14,17H,3,7-10H2,1-2H3,(H2,18,19,20). The summed E-state index contributed by atoms with van der Waals surface area (Å²) < 4.78 is 5.29. The minimum absolute atomic E-state index is 0.143. The minimum Gasteiger partial charge on any atom is -0.381 e. The molecule has 2 rings (SSSR count). The molecule has 0 aliphatic carbocycles. The Hall–Kier alpha value is -1.59. The Morgan fingerprint density at radius 1 is 1.38 bits per heavy atom. The predicted molar refractivity (Wildman–Crippen MR) is 84.5 cm³/mol. The van der Waals surface area contributed by atoms with Gasteiger partial charge in [0.25, 0.3) is 0 Å². The average molecular weight is 291 g/mol. The first-order valence-corrected chi connectivity index (χ1v) is 7.67. The molecule has 1 fully saturated rings. The fourth-order valence-corrected chi connectivity index (χ4v) is 2.50. The van der Waals surface area contributed by atoms with Crippen LogP contribution in [0.3, 0.4) is 0 Å². The molecule has 1 heterocycles. The van der Waals surface area contributed by atoms with Crippen LogP contribution in [0.5, 0.6) is 0 Å². The molecular formula is C16H25N3O2. The molecule has 116 valence electrons. The smallest absolute Gasteiger partial charge is 0.319 e. The van der Waals surface area contributed by atoms with E-state index in [2.05, 4.69) is 35.9 Å². The van der Waals surface area contributed by atoms with Crippen molar-refractivity contribution in [3.63, 3.8) is 0 Å². The van der Waals surface area contributed by atoms with E-state index in [1.54, 1.807) is 0 Å². The fraction of sp³-hybridized carbons (Fsp3) is 0.562. The van der Waals surface area contributed by atoms with Crippen LogP contribution in [-0.4, -0.2) is 31.8 Å². The summed E-state index contributed by atoms with van der Waals surface area (Å²) in [7, 11) is 0. The summed E-state index contributed by atoms with van der Waals surface area (Å²) in [6, 6.07) is 8.29. The molecular weight excluding hydrogens is 266 g/mol. The van der Waals surface area contributed by atoms with E-state index in [0.29, 0.717) is 0 Å². The number of anilines is 1. The number of benzene rings is 1. The summed E-state index contributed by atoms with van der Waals surface area (Å²) in [4.78, 5) is 12.0. The van der Waals surface area contributed by atoms with Crippen molar-refractivity contribution < 1.29 is 9.53 Å².